The molecule has 8 nitrogen and oxygen atoms in total. The van der Waals surface area contributed by atoms with E-state index in [0.717, 1.165) is 52.9 Å². The molecule has 2 bridgehead atoms. The molecule has 0 radical (unpaired) electrons. The maximum absolute atomic E-state index is 10.5. The molecule has 2 aromatic heterocycles. The second-order valence-electron chi connectivity index (χ2n) is 11.1. The lowest BCUT2D eigenvalue weighted by atomic mass is 9.50. The first-order valence-electron chi connectivity index (χ1n) is 12.4. The lowest BCUT2D eigenvalue weighted by Crippen LogP contribution is -2.64. The van der Waals surface area contributed by atoms with E-state index in [1.165, 1.54) is 19.3 Å². The van der Waals surface area contributed by atoms with Gasteiger partial charge in [-0.25, -0.2) is 4.68 Å². The zero-order valence-electron chi connectivity index (χ0n) is 19.7. The summed E-state index contributed by atoms with van der Waals surface area (Å²) in [4.78, 5) is 4.76. The van der Waals surface area contributed by atoms with Crippen LogP contribution in [0.5, 0.6) is 0 Å². The highest BCUT2D eigenvalue weighted by atomic mass is 35.5. The molecular weight excluding hydrogens is 452 g/mol. The molecule has 1 unspecified atom stereocenters. The summed E-state index contributed by atoms with van der Waals surface area (Å²) in [5.41, 5.74) is 3.00. The fourth-order valence-corrected chi connectivity index (χ4v) is 7.03. The average Bonchev–Trinajstić information content (AvgIpc) is 3.45. The molecule has 2 saturated heterocycles. The van der Waals surface area contributed by atoms with Crippen molar-refractivity contribution >= 4 is 28.2 Å². The van der Waals surface area contributed by atoms with Crippen molar-refractivity contribution in [2.45, 2.75) is 56.3 Å². The largest absolute Gasteiger partial charge is 0.389 e. The number of halogens is 1. The van der Waals surface area contributed by atoms with E-state index in [9.17, 15) is 5.11 Å². The van der Waals surface area contributed by atoms with Crippen molar-refractivity contribution in [1.82, 2.24) is 24.5 Å². The number of rotatable bonds is 4. The minimum absolute atomic E-state index is 0.262. The van der Waals surface area contributed by atoms with Crippen molar-refractivity contribution in [1.29, 1.82) is 0 Å². The van der Waals surface area contributed by atoms with Crippen LogP contribution < -0.4 is 4.90 Å². The number of anilines is 1. The molecular formula is C25H31ClN6O2. The van der Waals surface area contributed by atoms with E-state index in [1.807, 2.05) is 23.1 Å². The minimum Gasteiger partial charge on any atom is -0.389 e. The molecule has 0 amide bonds. The van der Waals surface area contributed by atoms with Gasteiger partial charge in [0.2, 0.25) is 0 Å². The highest BCUT2D eigenvalue weighted by Crippen LogP contribution is 2.62. The normalized spacial score (nSPS) is 35.5. The van der Waals surface area contributed by atoms with Crippen LogP contribution in [0, 0.1) is 5.92 Å². The Hall–Kier alpha value is -2.13. The van der Waals surface area contributed by atoms with Gasteiger partial charge in [-0.05, 0) is 51.2 Å². The van der Waals surface area contributed by atoms with Crippen molar-refractivity contribution < 1.29 is 9.84 Å². The second kappa shape index (κ2) is 7.20. The number of aromatic nitrogens is 4. The number of nitrogens with zero attached hydrogens (tertiary/aromatic N) is 6. The molecule has 1 N–H and O–H groups in total. The first kappa shape index (κ1) is 21.2. The summed E-state index contributed by atoms with van der Waals surface area (Å²) in [6, 6.07) is 4.45. The van der Waals surface area contributed by atoms with Gasteiger partial charge >= 0.3 is 0 Å². The molecule has 3 aliphatic carbocycles. The Kier molecular flexibility index (Phi) is 4.48. The lowest BCUT2D eigenvalue weighted by Gasteiger charge is -2.61. The van der Waals surface area contributed by atoms with Crippen LogP contribution in [0.4, 0.5) is 5.69 Å². The van der Waals surface area contributed by atoms with E-state index in [1.54, 1.807) is 0 Å². The third-order valence-electron chi connectivity index (χ3n) is 8.95. The van der Waals surface area contributed by atoms with Crippen LogP contribution in [0.15, 0.2) is 30.7 Å². The van der Waals surface area contributed by atoms with Crippen LogP contribution in [-0.4, -0.2) is 80.1 Å². The number of piperazine rings is 1. The molecule has 180 valence electrons. The number of aliphatic hydroxyl groups excluding tert-OH is 1. The third kappa shape index (κ3) is 2.89. The van der Waals surface area contributed by atoms with Gasteiger partial charge < -0.3 is 14.7 Å². The summed E-state index contributed by atoms with van der Waals surface area (Å²) in [7, 11) is 0. The molecule has 5 aliphatic rings. The lowest BCUT2D eigenvalue weighted by molar-refractivity contribution is -0.0977. The first-order chi connectivity index (χ1) is 16.4. The maximum atomic E-state index is 10.5. The van der Waals surface area contributed by atoms with Gasteiger partial charge in [0.05, 0.1) is 65.2 Å². The molecule has 1 aromatic carbocycles. The van der Waals surface area contributed by atoms with Crippen molar-refractivity contribution in [3.8, 4) is 5.69 Å². The molecule has 4 heterocycles. The van der Waals surface area contributed by atoms with Crippen LogP contribution in [0.1, 0.15) is 33.1 Å². The number of fused-ring (bicyclic) bond motifs is 1. The summed E-state index contributed by atoms with van der Waals surface area (Å²) in [5.74, 6) is 0.915. The second-order valence-corrected chi connectivity index (χ2v) is 11.5. The van der Waals surface area contributed by atoms with Gasteiger partial charge in [0.25, 0.3) is 0 Å². The Bertz CT molecular complexity index is 1250. The Morgan fingerprint density at radius 1 is 1.15 bits per heavy atom. The monoisotopic (exact) mass is 482 g/mol. The summed E-state index contributed by atoms with van der Waals surface area (Å²) < 4.78 is 9.74. The molecule has 34 heavy (non-hydrogen) atoms. The van der Waals surface area contributed by atoms with Crippen LogP contribution in [0.3, 0.4) is 0 Å². The van der Waals surface area contributed by atoms with E-state index in [2.05, 4.69) is 45.7 Å². The molecule has 3 atom stereocenters. The van der Waals surface area contributed by atoms with Crippen molar-refractivity contribution in [2.75, 3.05) is 37.7 Å². The van der Waals surface area contributed by atoms with Gasteiger partial charge in [-0.1, -0.05) is 11.6 Å². The highest BCUT2D eigenvalue weighted by Gasteiger charge is 2.58. The first-order valence-corrected chi connectivity index (χ1v) is 12.7. The van der Waals surface area contributed by atoms with E-state index < -0.39 is 6.10 Å². The zero-order valence-corrected chi connectivity index (χ0v) is 20.4. The molecule has 3 aromatic rings. The number of benzene rings is 1. The van der Waals surface area contributed by atoms with Crippen molar-refractivity contribution in [2.24, 2.45) is 5.92 Å². The molecule has 8 rings (SSSR count). The molecule has 3 saturated carbocycles. The highest BCUT2D eigenvalue weighted by molar-refractivity contribution is 6.34. The van der Waals surface area contributed by atoms with E-state index in [4.69, 9.17) is 21.4 Å². The number of aliphatic hydroxyl groups is 1. The SMILES string of the molecule is C[C@@H]1CN(c2cc3c(cnn3-c3cnn(C45CC(C4)C5)c3)cc2Cl)CCN1[C@@]1(C)COCC1O. The van der Waals surface area contributed by atoms with Gasteiger partial charge in [0.1, 0.15) is 5.69 Å². The standard InChI is InChI=1S/C25H31ClN6O2/c1-16-12-29(3-4-30(16)24(2)15-34-14-23(24)33)22-6-21-18(5-20(22)26)10-28-32(21)19-11-27-31(13-19)25-7-17(8-25)9-25/h5-6,10-11,13,16-17,23,33H,3-4,7-9,12,14-15H2,1-2H3/t16-,17?,23?,24+,25?/m1/s1. The fraction of sp³-hybridized carbons (Fsp3) is 0.600. The summed E-state index contributed by atoms with van der Waals surface area (Å²) >= 11 is 6.78. The van der Waals surface area contributed by atoms with Gasteiger partial charge in [0.15, 0.2) is 0 Å². The quantitative estimate of drug-likeness (QED) is 0.616. The summed E-state index contributed by atoms with van der Waals surface area (Å²) in [5, 5.41) is 21.7. The predicted molar refractivity (Wildman–Crippen MR) is 131 cm³/mol. The van der Waals surface area contributed by atoms with Gasteiger partial charge in [-0.2, -0.15) is 10.2 Å². The molecule has 2 aliphatic heterocycles. The topological polar surface area (TPSA) is 71.6 Å². The van der Waals surface area contributed by atoms with Crippen LogP contribution in [0.2, 0.25) is 5.02 Å². The molecule has 0 spiro atoms. The van der Waals surface area contributed by atoms with Crippen molar-refractivity contribution in [3.63, 3.8) is 0 Å². The van der Waals surface area contributed by atoms with E-state index in [-0.39, 0.29) is 17.1 Å². The Labute approximate surface area is 204 Å². The van der Waals surface area contributed by atoms with Crippen LogP contribution in [0.25, 0.3) is 16.6 Å². The molecule has 5 fully saturated rings. The zero-order chi connectivity index (χ0) is 23.2. The number of hydrogen-bond donors (Lipinski definition) is 1. The van der Waals surface area contributed by atoms with Crippen molar-refractivity contribution in [3.05, 3.63) is 35.7 Å². The van der Waals surface area contributed by atoms with E-state index >= 15 is 0 Å². The fourth-order valence-electron chi connectivity index (χ4n) is 6.74. The average molecular weight is 483 g/mol. The Morgan fingerprint density at radius 2 is 1.97 bits per heavy atom. The third-order valence-corrected chi connectivity index (χ3v) is 9.26. The van der Waals surface area contributed by atoms with Gasteiger partial charge in [-0.15, -0.1) is 0 Å². The smallest absolute Gasteiger partial charge is 0.103 e. The van der Waals surface area contributed by atoms with Crippen LogP contribution in [-0.2, 0) is 10.3 Å². The number of ether oxygens (including phenoxy) is 1. The Morgan fingerprint density at radius 3 is 2.65 bits per heavy atom. The summed E-state index contributed by atoms with van der Waals surface area (Å²) in [6.07, 6.45) is 9.29. The minimum atomic E-state index is -0.456. The number of hydrogen-bond acceptors (Lipinski definition) is 6. The molecule has 9 heteroatoms. The van der Waals surface area contributed by atoms with Gasteiger partial charge in [0, 0.05) is 31.1 Å². The Balaban J connectivity index is 1.17. The maximum Gasteiger partial charge on any atom is 0.103 e. The summed E-state index contributed by atoms with van der Waals surface area (Å²) in [6.45, 7) is 7.84. The predicted octanol–water partition coefficient (Wildman–Crippen LogP) is 3.04. The van der Waals surface area contributed by atoms with E-state index in [0.29, 0.717) is 13.2 Å². The van der Waals surface area contributed by atoms with Gasteiger partial charge in [-0.3, -0.25) is 9.58 Å². The van der Waals surface area contributed by atoms with Crippen LogP contribution >= 0.6 is 11.6 Å².